The van der Waals surface area contributed by atoms with Crippen molar-refractivity contribution in [2.75, 3.05) is 0 Å². The van der Waals surface area contributed by atoms with Gasteiger partial charge in [0.05, 0.1) is 6.42 Å². The van der Waals surface area contributed by atoms with Crippen LogP contribution >= 0.6 is 11.6 Å². The Bertz CT molecular complexity index is 587. The summed E-state index contributed by atoms with van der Waals surface area (Å²) < 4.78 is 12.8. The molecule has 1 aromatic heterocycles. The van der Waals surface area contributed by atoms with Gasteiger partial charge < -0.3 is 5.11 Å². The van der Waals surface area contributed by atoms with Crippen molar-refractivity contribution in [3.63, 3.8) is 0 Å². The average Bonchev–Trinajstić information content (AvgIpc) is 2.32. The van der Waals surface area contributed by atoms with Crippen LogP contribution in [0.1, 0.15) is 5.56 Å². The molecule has 4 nitrogen and oxygen atoms in total. The molecular weight excluding hydrogens is 259 g/mol. The maximum Gasteiger partial charge on any atom is 0.307 e. The Kier molecular flexibility index (Phi) is 3.53. The van der Waals surface area contributed by atoms with Gasteiger partial charge in [0, 0.05) is 17.3 Å². The summed E-state index contributed by atoms with van der Waals surface area (Å²) in [6.07, 6.45) is 1.13. The SMILES string of the molecule is O=C(O)Cc1cnc(-c2ccc(F)cc2)nc1Cl. The van der Waals surface area contributed by atoms with Crippen molar-refractivity contribution < 1.29 is 14.3 Å². The lowest BCUT2D eigenvalue weighted by Crippen LogP contribution is -2.03. The molecule has 92 valence electrons. The molecule has 0 aliphatic rings. The molecule has 0 saturated heterocycles. The molecule has 0 amide bonds. The number of carboxylic acid groups (broad SMARTS) is 1. The number of carboxylic acids is 1. The third-order valence-electron chi connectivity index (χ3n) is 2.26. The van der Waals surface area contributed by atoms with Gasteiger partial charge in [0.15, 0.2) is 5.82 Å². The highest BCUT2D eigenvalue weighted by atomic mass is 35.5. The van der Waals surface area contributed by atoms with Gasteiger partial charge in [-0.05, 0) is 24.3 Å². The summed E-state index contributed by atoms with van der Waals surface area (Å²) in [4.78, 5) is 18.6. The van der Waals surface area contributed by atoms with Crippen LogP contribution in [0.3, 0.4) is 0 Å². The summed E-state index contributed by atoms with van der Waals surface area (Å²) in [6, 6.07) is 5.63. The molecule has 2 rings (SSSR count). The predicted octanol–water partition coefficient (Wildman–Crippen LogP) is 2.56. The summed E-state index contributed by atoms with van der Waals surface area (Å²) in [5.74, 6) is -1.03. The van der Waals surface area contributed by atoms with Crippen LogP contribution < -0.4 is 0 Å². The third kappa shape index (κ3) is 2.81. The molecule has 0 aliphatic heterocycles. The van der Waals surface area contributed by atoms with Crippen molar-refractivity contribution in [1.82, 2.24) is 9.97 Å². The van der Waals surface area contributed by atoms with Crippen LogP contribution in [0, 0.1) is 5.82 Å². The molecule has 0 unspecified atom stereocenters. The van der Waals surface area contributed by atoms with Crippen LogP contribution in [0.15, 0.2) is 30.5 Å². The van der Waals surface area contributed by atoms with E-state index in [1.165, 1.54) is 30.5 Å². The maximum atomic E-state index is 12.8. The standard InChI is InChI=1S/C12H8ClFN2O2/c13-11-8(5-10(17)18)6-15-12(16-11)7-1-3-9(14)4-2-7/h1-4,6H,5H2,(H,17,18). The van der Waals surface area contributed by atoms with Gasteiger partial charge in [0.25, 0.3) is 0 Å². The molecule has 0 radical (unpaired) electrons. The maximum absolute atomic E-state index is 12.8. The number of hydrogen-bond acceptors (Lipinski definition) is 3. The fraction of sp³-hybridized carbons (Fsp3) is 0.0833. The first-order valence-electron chi connectivity index (χ1n) is 5.05. The predicted molar refractivity (Wildman–Crippen MR) is 63.8 cm³/mol. The zero-order valence-electron chi connectivity index (χ0n) is 9.10. The number of rotatable bonds is 3. The first-order valence-corrected chi connectivity index (χ1v) is 5.43. The molecule has 0 fully saturated rings. The minimum Gasteiger partial charge on any atom is -0.481 e. The molecule has 6 heteroatoms. The molecule has 1 aromatic carbocycles. The molecule has 0 spiro atoms. The Balaban J connectivity index is 2.33. The lowest BCUT2D eigenvalue weighted by molar-refractivity contribution is -0.136. The van der Waals surface area contributed by atoms with E-state index in [0.29, 0.717) is 17.0 Å². The van der Waals surface area contributed by atoms with Gasteiger partial charge >= 0.3 is 5.97 Å². The van der Waals surface area contributed by atoms with E-state index < -0.39 is 5.97 Å². The van der Waals surface area contributed by atoms with Crippen LogP contribution in [0.4, 0.5) is 4.39 Å². The highest BCUT2D eigenvalue weighted by Gasteiger charge is 2.10. The summed E-state index contributed by atoms with van der Waals surface area (Å²) in [5.41, 5.74) is 0.954. The number of aliphatic carboxylic acids is 1. The van der Waals surface area contributed by atoms with E-state index in [1.807, 2.05) is 0 Å². The largest absolute Gasteiger partial charge is 0.481 e. The van der Waals surface area contributed by atoms with Crippen molar-refractivity contribution in [2.24, 2.45) is 0 Å². The molecule has 2 aromatic rings. The van der Waals surface area contributed by atoms with Crippen molar-refractivity contribution in [3.05, 3.63) is 47.0 Å². The quantitative estimate of drug-likeness (QED) is 0.867. The molecular formula is C12H8ClFN2O2. The minimum absolute atomic E-state index is 0.0896. The fourth-order valence-electron chi connectivity index (χ4n) is 1.41. The normalized spacial score (nSPS) is 10.3. The van der Waals surface area contributed by atoms with Gasteiger partial charge in [-0.3, -0.25) is 4.79 Å². The Morgan fingerprint density at radius 2 is 2.00 bits per heavy atom. The smallest absolute Gasteiger partial charge is 0.307 e. The highest BCUT2D eigenvalue weighted by Crippen LogP contribution is 2.20. The van der Waals surface area contributed by atoms with Crippen LogP contribution in [0.2, 0.25) is 5.15 Å². The minimum atomic E-state index is -1.00. The third-order valence-corrected chi connectivity index (χ3v) is 2.58. The van der Waals surface area contributed by atoms with Crippen molar-refractivity contribution >= 4 is 17.6 Å². The summed E-state index contributed by atoms with van der Waals surface area (Å²) >= 11 is 5.87. The second kappa shape index (κ2) is 5.10. The topological polar surface area (TPSA) is 63.1 Å². The zero-order valence-corrected chi connectivity index (χ0v) is 9.86. The first-order chi connectivity index (χ1) is 8.56. The van der Waals surface area contributed by atoms with Gasteiger partial charge in [-0.2, -0.15) is 0 Å². The van der Waals surface area contributed by atoms with E-state index in [0.717, 1.165) is 0 Å². The number of hydrogen-bond donors (Lipinski definition) is 1. The fourth-order valence-corrected chi connectivity index (χ4v) is 1.60. The Hall–Kier alpha value is -2.01. The second-order valence-corrected chi connectivity index (χ2v) is 3.95. The van der Waals surface area contributed by atoms with E-state index >= 15 is 0 Å². The van der Waals surface area contributed by atoms with Crippen molar-refractivity contribution in [1.29, 1.82) is 0 Å². The van der Waals surface area contributed by atoms with Crippen LogP contribution in [0.5, 0.6) is 0 Å². The number of aromatic nitrogens is 2. The van der Waals surface area contributed by atoms with Gasteiger partial charge in [-0.25, -0.2) is 14.4 Å². The van der Waals surface area contributed by atoms with Gasteiger partial charge in [0.2, 0.25) is 0 Å². The number of nitrogens with zero attached hydrogens (tertiary/aromatic N) is 2. The summed E-state index contributed by atoms with van der Waals surface area (Å²) in [6.45, 7) is 0. The second-order valence-electron chi connectivity index (χ2n) is 3.59. The van der Waals surface area contributed by atoms with Gasteiger partial charge in [0.1, 0.15) is 11.0 Å². The van der Waals surface area contributed by atoms with Crippen molar-refractivity contribution in [2.45, 2.75) is 6.42 Å². The zero-order chi connectivity index (χ0) is 13.1. The van der Waals surface area contributed by atoms with Crippen molar-refractivity contribution in [3.8, 4) is 11.4 Å². The number of carbonyl (C=O) groups is 1. The number of halogens is 2. The summed E-state index contributed by atoms with van der Waals surface area (Å²) in [5, 5.41) is 8.74. The Labute approximate surface area is 107 Å². The molecule has 0 saturated carbocycles. The van der Waals surface area contributed by atoms with E-state index in [-0.39, 0.29) is 17.4 Å². The van der Waals surface area contributed by atoms with E-state index in [2.05, 4.69) is 9.97 Å². The monoisotopic (exact) mass is 266 g/mol. The molecule has 1 heterocycles. The van der Waals surface area contributed by atoms with Crippen LogP contribution in [0.25, 0.3) is 11.4 Å². The highest BCUT2D eigenvalue weighted by molar-refractivity contribution is 6.30. The molecule has 0 atom stereocenters. The average molecular weight is 267 g/mol. The van der Waals surface area contributed by atoms with Gasteiger partial charge in [-0.1, -0.05) is 11.6 Å². The van der Waals surface area contributed by atoms with E-state index in [4.69, 9.17) is 16.7 Å². The first kappa shape index (κ1) is 12.4. The molecule has 1 N–H and O–H groups in total. The summed E-state index contributed by atoms with van der Waals surface area (Å²) in [7, 11) is 0. The van der Waals surface area contributed by atoms with Gasteiger partial charge in [-0.15, -0.1) is 0 Å². The van der Waals surface area contributed by atoms with Crippen LogP contribution in [-0.4, -0.2) is 21.0 Å². The Morgan fingerprint density at radius 1 is 1.33 bits per heavy atom. The van der Waals surface area contributed by atoms with Crippen LogP contribution in [-0.2, 0) is 11.2 Å². The molecule has 0 aliphatic carbocycles. The molecule has 18 heavy (non-hydrogen) atoms. The lowest BCUT2D eigenvalue weighted by atomic mass is 10.2. The number of benzene rings is 1. The van der Waals surface area contributed by atoms with E-state index in [9.17, 15) is 9.18 Å². The molecule has 0 bridgehead atoms. The van der Waals surface area contributed by atoms with E-state index in [1.54, 1.807) is 0 Å². The lowest BCUT2D eigenvalue weighted by Gasteiger charge is -2.03. The Morgan fingerprint density at radius 3 is 2.56 bits per heavy atom.